The number of nitrogens with zero attached hydrogens (tertiary/aromatic N) is 4. The summed E-state index contributed by atoms with van der Waals surface area (Å²) in [5.41, 5.74) is 10.7. The minimum atomic E-state index is 0.613. The van der Waals surface area contributed by atoms with Gasteiger partial charge in [-0.1, -0.05) is 164 Å². The third-order valence-corrected chi connectivity index (χ3v) is 13.8. The maximum absolute atomic E-state index is 5.32. The molecule has 0 unspecified atom stereocenters. The lowest BCUT2D eigenvalue weighted by atomic mass is 9.93. The molecule has 0 aliphatic carbocycles. The maximum atomic E-state index is 5.32. The fourth-order valence-electron chi connectivity index (χ4n) is 9.59. The summed E-state index contributed by atoms with van der Waals surface area (Å²) in [7, 11) is 0. The summed E-state index contributed by atoms with van der Waals surface area (Å²) in [6.45, 7) is 0. The van der Waals surface area contributed by atoms with Crippen LogP contribution in [0.15, 0.2) is 218 Å². The first kappa shape index (κ1) is 36.4. The highest BCUT2D eigenvalue weighted by atomic mass is 32.1. The number of fused-ring (bicyclic) bond motifs is 9. The van der Waals surface area contributed by atoms with Gasteiger partial charge < -0.3 is 4.57 Å². The molecule has 0 N–H and O–H groups in total. The summed E-state index contributed by atoms with van der Waals surface area (Å²) in [5, 5.41) is 9.84. The van der Waals surface area contributed by atoms with Crippen LogP contribution in [0.2, 0.25) is 0 Å². The zero-order valence-electron chi connectivity index (χ0n) is 34.5. The fraction of sp³-hybridized carbons (Fsp3) is 0. The molecule has 4 nitrogen and oxygen atoms in total. The molecule has 3 heterocycles. The Morgan fingerprint density at radius 2 is 0.906 bits per heavy atom. The van der Waals surface area contributed by atoms with Gasteiger partial charge in [-0.15, -0.1) is 11.3 Å². The monoisotopic (exact) mass is 832 g/mol. The third-order valence-electron chi connectivity index (χ3n) is 12.6. The maximum Gasteiger partial charge on any atom is 0.164 e. The molecular weight excluding hydrogens is 797 g/mol. The Morgan fingerprint density at radius 1 is 0.328 bits per heavy atom. The van der Waals surface area contributed by atoms with Crippen molar-refractivity contribution in [2.45, 2.75) is 0 Å². The molecule has 0 saturated carbocycles. The highest BCUT2D eigenvalue weighted by Crippen LogP contribution is 2.47. The molecule has 13 rings (SSSR count). The molecule has 0 aliphatic rings. The molecule has 3 aromatic heterocycles. The average molecular weight is 833 g/mol. The van der Waals surface area contributed by atoms with Crippen LogP contribution in [0.1, 0.15) is 0 Å². The first-order chi connectivity index (χ1) is 31.7. The smallest absolute Gasteiger partial charge is 0.164 e. The highest BCUT2D eigenvalue weighted by molar-refractivity contribution is 7.26. The molecule has 0 aliphatic heterocycles. The molecule has 0 fully saturated rings. The largest absolute Gasteiger partial charge is 0.309 e. The minimum Gasteiger partial charge on any atom is -0.309 e. The second kappa shape index (κ2) is 14.7. The Kier molecular flexibility index (Phi) is 8.36. The zero-order valence-corrected chi connectivity index (χ0v) is 35.3. The van der Waals surface area contributed by atoms with Gasteiger partial charge in [0.15, 0.2) is 17.5 Å². The van der Waals surface area contributed by atoms with Crippen molar-refractivity contribution in [3.05, 3.63) is 218 Å². The van der Waals surface area contributed by atoms with Crippen LogP contribution in [0.3, 0.4) is 0 Å². The van der Waals surface area contributed by atoms with Gasteiger partial charge in [0.1, 0.15) is 0 Å². The number of hydrogen-bond acceptors (Lipinski definition) is 4. The second-order valence-electron chi connectivity index (χ2n) is 16.4. The van der Waals surface area contributed by atoms with E-state index in [1.54, 1.807) is 0 Å². The number of aromatic nitrogens is 4. The fourth-order valence-corrected chi connectivity index (χ4v) is 10.9. The summed E-state index contributed by atoms with van der Waals surface area (Å²) < 4.78 is 5.02. The summed E-state index contributed by atoms with van der Waals surface area (Å²) >= 11 is 1.87. The van der Waals surface area contributed by atoms with Crippen LogP contribution in [-0.2, 0) is 0 Å². The standard InChI is InChI=1S/C59H36N4S/c1-3-16-37(17-4-1)39-23-15-24-43(32-39)58-60-57(38-18-5-2-6-19-38)61-59(62-58)44-30-31-52(63-51-28-13-11-26-46(51)48-33-40-20-7-8-21-41(40)36-53(48)63)49(35-44)50-34-42-22-9-10-25-45(42)56-55(50)47-27-12-14-29-54(47)64-56/h1-36H. The van der Waals surface area contributed by atoms with Crippen LogP contribution in [0.5, 0.6) is 0 Å². The SMILES string of the molecule is c1ccc(-c2cccc(-c3nc(-c4ccccc4)nc(-c4ccc(-n5c6ccccc6c6cc7ccccc7cc65)c(-c5cc6ccccc6c6sc7ccccc7c56)c4)n3)c2)cc1. The van der Waals surface area contributed by atoms with Gasteiger partial charge in [-0.25, -0.2) is 15.0 Å². The molecule has 5 heteroatoms. The predicted octanol–water partition coefficient (Wildman–Crippen LogP) is 16.0. The van der Waals surface area contributed by atoms with E-state index in [-0.39, 0.29) is 0 Å². The van der Waals surface area contributed by atoms with Crippen molar-refractivity contribution in [3.8, 4) is 62.1 Å². The number of benzene rings is 10. The predicted molar refractivity (Wildman–Crippen MR) is 269 cm³/mol. The quantitative estimate of drug-likeness (QED) is 0.168. The molecule has 10 aromatic carbocycles. The van der Waals surface area contributed by atoms with E-state index in [2.05, 4.69) is 199 Å². The Bertz CT molecular complexity index is 3960. The van der Waals surface area contributed by atoms with Crippen molar-refractivity contribution in [3.63, 3.8) is 0 Å². The van der Waals surface area contributed by atoms with E-state index in [1.165, 1.54) is 58.1 Å². The van der Waals surface area contributed by atoms with Crippen molar-refractivity contribution in [2.75, 3.05) is 0 Å². The molecule has 0 atom stereocenters. The van der Waals surface area contributed by atoms with Gasteiger partial charge in [-0.2, -0.15) is 0 Å². The van der Waals surface area contributed by atoms with E-state index in [0.29, 0.717) is 17.5 Å². The van der Waals surface area contributed by atoms with Gasteiger partial charge in [-0.05, 0) is 92.8 Å². The van der Waals surface area contributed by atoms with Crippen molar-refractivity contribution >= 4 is 74.9 Å². The van der Waals surface area contributed by atoms with Crippen molar-refractivity contribution in [2.24, 2.45) is 0 Å². The van der Waals surface area contributed by atoms with Crippen LogP contribution in [0.25, 0.3) is 126 Å². The molecule has 0 bridgehead atoms. The Labute approximate surface area is 373 Å². The lowest BCUT2D eigenvalue weighted by Gasteiger charge is -2.18. The zero-order chi connectivity index (χ0) is 42.1. The summed E-state index contributed by atoms with van der Waals surface area (Å²) in [6, 6.07) is 78.2. The van der Waals surface area contributed by atoms with Gasteiger partial charge >= 0.3 is 0 Å². The molecular formula is C59H36N4S. The van der Waals surface area contributed by atoms with Crippen LogP contribution in [0, 0.1) is 0 Å². The van der Waals surface area contributed by atoms with E-state index in [0.717, 1.165) is 50.1 Å². The van der Waals surface area contributed by atoms with Gasteiger partial charge in [0.05, 0.1) is 16.7 Å². The Hall–Kier alpha value is -8.25. The topological polar surface area (TPSA) is 43.6 Å². The van der Waals surface area contributed by atoms with Gasteiger partial charge in [-0.3, -0.25) is 0 Å². The third kappa shape index (κ3) is 5.93. The van der Waals surface area contributed by atoms with E-state index in [4.69, 9.17) is 15.0 Å². The summed E-state index contributed by atoms with van der Waals surface area (Å²) in [6.07, 6.45) is 0. The van der Waals surface area contributed by atoms with Crippen LogP contribution in [-0.4, -0.2) is 19.5 Å². The van der Waals surface area contributed by atoms with E-state index in [9.17, 15) is 0 Å². The summed E-state index contributed by atoms with van der Waals surface area (Å²) in [5.74, 6) is 1.86. The normalized spacial score (nSPS) is 11.8. The minimum absolute atomic E-state index is 0.613. The van der Waals surface area contributed by atoms with Gasteiger partial charge in [0, 0.05) is 53.2 Å². The number of thiophene rings is 1. The molecule has 0 saturated heterocycles. The average Bonchev–Trinajstić information content (AvgIpc) is 3.92. The highest BCUT2D eigenvalue weighted by Gasteiger charge is 2.23. The first-order valence-corrected chi connectivity index (χ1v) is 22.4. The molecule has 0 radical (unpaired) electrons. The van der Waals surface area contributed by atoms with Crippen LogP contribution in [0.4, 0.5) is 0 Å². The van der Waals surface area contributed by atoms with E-state index < -0.39 is 0 Å². The Balaban J connectivity index is 1.12. The van der Waals surface area contributed by atoms with Gasteiger partial charge in [0.25, 0.3) is 0 Å². The summed E-state index contributed by atoms with van der Waals surface area (Å²) in [4.78, 5) is 15.7. The Morgan fingerprint density at radius 3 is 1.69 bits per heavy atom. The first-order valence-electron chi connectivity index (χ1n) is 21.6. The molecule has 0 amide bonds. The van der Waals surface area contributed by atoms with Crippen molar-refractivity contribution < 1.29 is 0 Å². The number of rotatable bonds is 6. The van der Waals surface area contributed by atoms with E-state index in [1.807, 2.05) is 35.6 Å². The molecule has 298 valence electrons. The van der Waals surface area contributed by atoms with Crippen molar-refractivity contribution in [1.29, 1.82) is 0 Å². The second-order valence-corrected chi connectivity index (χ2v) is 17.4. The molecule has 0 spiro atoms. The molecule has 64 heavy (non-hydrogen) atoms. The lowest BCUT2D eigenvalue weighted by molar-refractivity contribution is 1.07. The lowest BCUT2D eigenvalue weighted by Crippen LogP contribution is -2.02. The van der Waals surface area contributed by atoms with Crippen LogP contribution < -0.4 is 0 Å². The number of para-hydroxylation sites is 1. The van der Waals surface area contributed by atoms with Gasteiger partial charge in [0.2, 0.25) is 0 Å². The van der Waals surface area contributed by atoms with Crippen molar-refractivity contribution in [1.82, 2.24) is 19.5 Å². The van der Waals surface area contributed by atoms with Crippen LogP contribution >= 0.6 is 11.3 Å². The van der Waals surface area contributed by atoms with E-state index >= 15 is 0 Å². The number of hydrogen-bond donors (Lipinski definition) is 0. The molecule has 13 aromatic rings.